The largest absolute Gasteiger partial charge is 0.394 e. The molecule has 0 aromatic rings. The summed E-state index contributed by atoms with van der Waals surface area (Å²) < 4.78 is 11.3. The van der Waals surface area contributed by atoms with Crippen molar-refractivity contribution in [1.82, 2.24) is 5.32 Å². The van der Waals surface area contributed by atoms with E-state index in [0.717, 1.165) is 77.0 Å². The fraction of sp³-hybridized carbons (Fsp3) is 0.810. The number of hydrogen-bond donors (Lipinski definition) is 6. The molecule has 0 aromatic carbocycles. The molecule has 0 saturated carbocycles. The van der Waals surface area contributed by atoms with Crippen LogP contribution < -0.4 is 5.32 Å². The summed E-state index contributed by atoms with van der Waals surface area (Å²) in [6.07, 6.45) is 89.9. The standard InChI is InChI=1S/C79H143NO8/c1-3-5-7-9-11-13-15-17-19-21-23-25-27-29-31-32-33-34-35-36-37-38-39-40-41-42-43-45-47-49-51-53-55-57-59-61-63-65-67-69-75(83)80-72(71-87-79-78(86)77(85)76(84)74(70-81)88-79)73(82)68-66-64-62-60-58-56-54-52-50-48-46-44-30-28-26-24-22-20-18-16-14-12-10-8-6-4-2/h5,7,11,13,17,19,23,25,29,31,33-34,66,68,72-74,76-79,81-82,84-86H,3-4,6,8-10,12,14-16,18,20-22,24,26-28,30,32,35-65,67,69-71H2,1-2H3,(H,80,83)/b7-5-,13-11-,19-17-,25-23-,31-29-,34-33-,68-66+. The van der Waals surface area contributed by atoms with E-state index in [9.17, 15) is 30.3 Å². The number of amides is 1. The SMILES string of the molecule is CC/C=C\C/C=C\C/C=C\C/C=C\C/C=C\C/C=C\CCCCCCCCCCCCCCCCCCCCCCC(=O)NC(COC1OC(CO)C(O)C(O)C1O)C(O)/C=C/CCCCCCCCCCCCCCCCCCCCCCCCCC. The first kappa shape index (κ1) is 83.4. The summed E-state index contributed by atoms with van der Waals surface area (Å²) in [6.45, 7) is 3.71. The third-order valence-electron chi connectivity index (χ3n) is 17.7. The molecule has 1 heterocycles. The monoisotopic (exact) mass is 1230 g/mol. The Labute approximate surface area is 543 Å². The van der Waals surface area contributed by atoms with Crippen LogP contribution in [0.2, 0.25) is 0 Å². The van der Waals surface area contributed by atoms with Crippen molar-refractivity contribution in [1.29, 1.82) is 0 Å². The van der Waals surface area contributed by atoms with Gasteiger partial charge in [0.2, 0.25) is 5.91 Å². The second-order valence-electron chi connectivity index (χ2n) is 26.1. The van der Waals surface area contributed by atoms with Crippen molar-refractivity contribution in [3.63, 3.8) is 0 Å². The predicted molar refractivity (Wildman–Crippen MR) is 378 cm³/mol. The van der Waals surface area contributed by atoms with Gasteiger partial charge in [0.15, 0.2) is 6.29 Å². The molecule has 1 aliphatic heterocycles. The summed E-state index contributed by atoms with van der Waals surface area (Å²) in [5.74, 6) is -0.172. The second kappa shape index (κ2) is 67.3. The lowest BCUT2D eigenvalue weighted by atomic mass is 9.99. The van der Waals surface area contributed by atoms with Gasteiger partial charge in [0, 0.05) is 6.42 Å². The van der Waals surface area contributed by atoms with Gasteiger partial charge in [-0.2, -0.15) is 0 Å². The van der Waals surface area contributed by atoms with E-state index < -0.39 is 49.5 Å². The molecular formula is C79H143NO8. The number of allylic oxidation sites excluding steroid dienone is 13. The number of nitrogens with one attached hydrogen (secondary N) is 1. The van der Waals surface area contributed by atoms with Gasteiger partial charge in [0.25, 0.3) is 0 Å². The minimum absolute atomic E-state index is 0.172. The van der Waals surface area contributed by atoms with Gasteiger partial charge in [0.1, 0.15) is 24.4 Å². The van der Waals surface area contributed by atoms with E-state index in [4.69, 9.17) is 9.47 Å². The van der Waals surface area contributed by atoms with Gasteiger partial charge in [-0.05, 0) is 70.6 Å². The lowest BCUT2D eigenvalue weighted by molar-refractivity contribution is -0.302. The highest BCUT2D eigenvalue weighted by atomic mass is 16.7. The zero-order valence-corrected chi connectivity index (χ0v) is 57.5. The molecule has 1 aliphatic rings. The van der Waals surface area contributed by atoms with E-state index in [-0.39, 0.29) is 12.5 Å². The Bertz CT molecular complexity index is 1670. The van der Waals surface area contributed by atoms with E-state index in [1.54, 1.807) is 6.08 Å². The van der Waals surface area contributed by atoms with Crippen LogP contribution >= 0.6 is 0 Å². The molecule has 9 heteroatoms. The molecule has 0 bridgehead atoms. The van der Waals surface area contributed by atoms with E-state index in [2.05, 4.69) is 92.1 Å². The number of ether oxygens (including phenoxy) is 2. The molecule has 1 fully saturated rings. The minimum atomic E-state index is -1.57. The zero-order valence-electron chi connectivity index (χ0n) is 57.5. The maximum absolute atomic E-state index is 13.2. The highest BCUT2D eigenvalue weighted by Crippen LogP contribution is 2.24. The summed E-state index contributed by atoms with van der Waals surface area (Å²) >= 11 is 0. The summed E-state index contributed by atoms with van der Waals surface area (Å²) in [7, 11) is 0. The molecule has 512 valence electrons. The van der Waals surface area contributed by atoms with Crippen LogP contribution in [0.25, 0.3) is 0 Å². The van der Waals surface area contributed by atoms with Gasteiger partial charge >= 0.3 is 0 Å². The molecular weight excluding hydrogens is 1090 g/mol. The highest BCUT2D eigenvalue weighted by molar-refractivity contribution is 5.76. The molecule has 6 N–H and O–H groups in total. The first-order valence-electron chi connectivity index (χ1n) is 37.8. The quantitative estimate of drug-likeness (QED) is 0.0261. The summed E-state index contributed by atoms with van der Waals surface area (Å²) in [4.78, 5) is 13.2. The third-order valence-corrected chi connectivity index (χ3v) is 17.7. The average molecular weight is 1240 g/mol. The van der Waals surface area contributed by atoms with E-state index in [1.165, 1.54) is 257 Å². The Hall–Kier alpha value is -2.63. The van der Waals surface area contributed by atoms with Gasteiger partial charge in [-0.15, -0.1) is 0 Å². The maximum atomic E-state index is 13.2. The fourth-order valence-corrected chi connectivity index (χ4v) is 11.9. The van der Waals surface area contributed by atoms with Crippen LogP contribution in [-0.2, 0) is 14.3 Å². The molecule has 0 aliphatic carbocycles. The molecule has 7 atom stereocenters. The van der Waals surface area contributed by atoms with Crippen molar-refractivity contribution in [2.75, 3.05) is 13.2 Å². The first-order valence-corrected chi connectivity index (χ1v) is 37.8. The Morgan fingerprint density at radius 3 is 1.05 bits per heavy atom. The van der Waals surface area contributed by atoms with Crippen LogP contribution in [-0.4, -0.2) is 87.5 Å². The number of carbonyl (C=O) groups is 1. The number of aliphatic hydroxyl groups is 5. The van der Waals surface area contributed by atoms with Crippen LogP contribution in [0.5, 0.6) is 0 Å². The van der Waals surface area contributed by atoms with Crippen LogP contribution in [0.4, 0.5) is 0 Å². The van der Waals surface area contributed by atoms with Crippen LogP contribution in [0.3, 0.4) is 0 Å². The number of carbonyl (C=O) groups excluding carboxylic acids is 1. The van der Waals surface area contributed by atoms with E-state index >= 15 is 0 Å². The zero-order chi connectivity index (χ0) is 63.5. The number of hydrogen-bond acceptors (Lipinski definition) is 8. The topological polar surface area (TPSA) is 149 Å². The average Bonchev–Trinajstić information content (AvgIpc) is 3.65. The Morgan fingerprint density at radius 2 is 0.705 bits per heavy atom. The Morgan fingerprint density at radius 1 is 0.398 bits per heavy atom. The first-order chi connectivity index (χ1) is 43.3. The third kappa shape index (κ3) is 55.0. The van der Waals surface area contributed by atoms with Crippen molar-refractivity contribution in [2.24, 2.45) is 0 Å². The Kier molecular flexibility index (Phi) is 63.7. The summed E-state index contributed by atoms with van der Waals surface area (Å²) in [5.41, 5.74) is 0. The highest BCUT2D eigenvalue weighted by Gasteiger charge is 2.44. The van der Waals surface area contributed by atoms with Gasteiger partial charge in [-0.25, -0.2) is 0 Å². The van der Waals surface area contributed by atoms with Crippen molar-refractivity contribution in [2.45, 2.75) is 397 Å². The lowest BCUT2D eigenvalue weighted by Gasteiger charge is -2.40. The molecule has 9 nitrogen and oxygen atoms in total. The minimum Gasteiger partial charge on any atom is -0.394 e. The van der Waals surface area contributed by atoms with Crippen molar-refractivity contribution < 1.29 is 39.8 Å². The van der Waals surface area contributed by atoms with Crippen LogP contribution in [0.1, 0.15) is 354 Å². The van der Waals surface area contributed by atoms with Gasteiger partial charge in [-0.3, -0.25) is 4.79 Å². The smallest absolute Gasteiger partial charge is 0.220 e. The number of unbranched alkanes of at least 4 members (excludes halogenated alkanes) is 44. The maximum Gasteiger partial charge on any atom is 0.220 e. The molecule has 88 heavy (non-hydrogen) atoms. The Balaban J connectivity index is 2.08. The summed E-state index contributed by atoms with van der Waals surface area (Å²) in [5, 5.41) is 54.9. The normalized spacial score (nSPS) is 18.4. The van der Waals surface area contributed by atoms with Crippen LogP contribution in [0, 0.1) is 0 Å². The van der Waals surface area contributed by atoms with Crippen molar-refractivity contribution >= 4 is 5.91 Å². The summed E-state index contributed by atoms with van der Waals surface area (Å²) in [6, 6.07) is -0.808. The van der Waals surface area contributed by atoms with Crippen LogP contribution in [0.15, 0.2) is 85.1 Å². The van der Waals surface area contributed by atoms with E-state index in [0.29, 0.717) is 6.42 Å². The van der Waals surface area contributed by atoms with Gasteiger partial charge < -0.3 is 40.3 Å². The molecule has 1 rings (SSSR count). The number of rotatable bonds is 66. The number of aliphatic hydroxyl groups excluding tert-OH is 5. The van der Waals surface area contributed by atoms with Crippen molar-refractivity contribution in [3.8, 4) is 0 Å². The van der Waals surface area contributed by atoms with Gasteiger partial charge in [-0.1, -0.05) is 362 Å². The fourth-order valence-electron chi connectivity index (χ4n) is 11.9. The van der Waals surface area contributed by atoms with E-state index in [1.807, 2.05) is 6.08 Å². The molecule has 0 radical (unpaired) electrons. The predicted octanol–water partition coefficient (Wildman–Crippen LogP) is 21.3. The molecule has 0 aromatic heterocycles. The molecule has 1 saturated heterocycles. The van der Waals surface area contributed by atoms with Crippen molar-refractivity contribution in [3.05, 3.63) is 85.1 Å². The molecule has 1 amide bonds. The second-order valence-corrected chi connectivity index (χ2v) is 26.1. The van der Waals surface area contributed by atoms with Gasteiger partial charge in [0.05, 0.1) is 25.4 Å². The molecule has 0 spiro atoms. The molecule has 7 unspecified atom stereocenters. The lowest BCUT2D eigenvalue weighted by Crippen LogP contribution is -2.60.